The number of hydrogen-bond acceptors (Lipinski definition) is 3. The number of rotatable bonds is 5. The molecule has 1 fully saturated rings. The van der Waals surface area contributed by atoms with Crippen molar-refractivity contribution < 1.29 is 9.53 Å². The maximum Gasteiger partial charge on any atom is 0.262 e. The van der Waals surface area contributed by atoms with Crippen LogP contribution in [0.25, 0.3) is 0 Å². The van der Waals surface area contributed by atoms with Crippen LogP contribution in [0.5, 0.6) is 5.75 Å². The summed E-state index contributed by atoms with van der Waals surface area (Å²) in [6.07, 6.45) is 3.80. The number of halogens is 1. The number of piperidine rings is 1. The Balaban J connectivity index is 1.52. The molecule has 1 N–H and O–H groups in total. The van der Waals surface area contributed by atoms with Gasteiger partial charge in [0.25, 0.3) is 5.91 Å². The van der Waals surface area contributed by atoms with Crippen LogP contribution in [-0.2, 0) is 4.79 Å². The van der Waals surface area contributed by atoms with E-state index in [1.807, 2.05) is 36.4 Å². The second-order valence-electron chi connectivity index (χ2n) is 6.38. The van der Waals surface area contributed by atoms with Crippen molar-refractivity contribution in [3.63, 3.8) is 0 Å². The SMILES string of the molecule is C[C@H]1CCCCN1c1ccc(NC(=O)COc2ccc(Br)cc2)cc1. The molecule has 1 aliphatic heterocycles. The second kappa shape index (κ2) is 8.39. The van der Waals surface area contributed by atoms with Gasteiger partial charge in [-0.2, -0.15) is 0 Å². The van der Waals surface area contributed by atoms with Gasteiger partial charge in [0.2, 0.25) is 0 Å². The molecule has 1 amide bonds. The topological polar surface area (TPSA) is 41.6 Å². The summed E-state index contributed by atoms with van der Waals surface area (Å²) in [5.41, 5.74) is 2.01. The molecule has 0 radical (unpaired) electrons. The minimum absolute atomic E-state index is 0.00740. The fourth-order valence-corrected chi connectivity index (χ4v) is 3.36. The molecule has 0 bridgehead atoms. The molecule has 2 aromatic rings. The van der Waals surface area contributed by atoms with Crippen molar-refractivity contribution in [2.75, 3.05) is 23.4 Å². The lowest BCUT2D eigenvalue weighted by Gasteiger charge is -2.35. The Bertz CT molecular complexity index is 701. The molecule has 0 unspecified atom stereocenters. The van der Waals surface area contributed by atoms with Gasteiger partial charge in [-0.25, -0.2) is 0 Å². The first-order chi connectivity index (χ1) is 12.1. The Morgan fingerprint density at radius 1 is 1.16 bits per heavy atom. The highest BCUT2D eigenvalue weighted by molar-refractivity contribution is 9.10. The molecule has 132 valence electrons. The molecule has 1 heterocycles. The van der Waals surface area contributed by atoms with Gasteiger partial charge in [-0.05, 0) is 74.7 Å². The normalized spacial score (nSPS) is 17.2. The van der Waals surface area contributed by atoms with Gasteiger partial charge >= 0.3 is 0 Å². The Kier molecular flexibility index (Phi) is 5.97. The number of amides is 1. The highest BCUT2D eigenvalue weighted by Crippen LogP contribution is 2.25. The van der Waals surface area contributed by atoms with Crippen LogP contribution < -0.4 is 15.0 Å². The highest BCUT2D eigenvalue weighted by Gasteiger charge is 2.18. The molecule has 0 saturated carbocycles. The molecule has 25 heavy (non-hydrogen) atoms. The molecule has 1 saturated heterocycles. The van der Waals surface area contributed by atoms with Gasteiger partial charge in [0, 0.05) is 28.4 Å². The van der Waals surface area contributed by atoms with E-state index >= 15 is 0 Å². The standard InChI is InChI=1S/C20H23BrN2O2/c1-15-4-2-3-13-23(15)18-9-7-17(8-10-18)22-20(24)14-25-19-11-5-16(21)6-12-19/h5-12,15H,2-4,13-14H2,1H3,(H,22,24)/t15-/m0/s1. The quantitative estimate of drug-likeness (QED) is 0.777. The molecule has 0 spiro atoms. The molecule has 1 aliphatic rings. The van der Waals surface area contributed by atoms with Gasteiger partial charge in [0.1, 0.15) is 5.75 Å². The lowest BCUT2D eigenvalue weighted by Crippen LogP contribution is -2.37. The lowest BCUT2D eigenvalue weighted by atomic mass is 10.0. The van der Waals surface area contributed by atoms with Gasteiger partial charge in [0.15, 0.2) is 6.61 Å². The number of anilines is 2. The Labute approximate surface area is 157 Å². The van der Waals surface area contributed by atoms with Crippen LogP contribution in [0.2, 0.25) is 0 Å². The summed E-state index contributed by atoms with van der Waals surface area (Å²) >= 11 is 3.37. The third kappa shape index (κ3) is 4.98. The first-order valence-corrected chi connectivity index (χ1v) is 9.46. The van der Waals surface area contributed by atoms with Crippen molar-refractivity contribution in [3.8, 4) is 5.75 Å². The van der Waals surface area contributed by atoms with Crippen LogP contribution in [-0.4, -0.2) is 25.1 Å². The smallest absolute Gasteiger partial charge is 0.262 e. The summed E-state index contributed by atoms with van der Waals surface area (Å²) in [6.45, 7) is 3.37. The maximum absolute atomic E-state index is 12.0. The van der Waals surface area contributed by atoms with Gasteiger partial charge in [-0.1, -0.05) is 15.9 Å². The zero-order valence-corrected chi connectivity index (χ0v) is 16.0. The minimum Gasteiger partial charge on any atom is -0.484 e. The number of ether oxygens (including phenoxy) is 1. The van der Waals surface area contributed by atoms with E-state index < -0.39 is 0 Å². The number of hydrogen-bond donors (Lipinski definition) is 1. The van der Waals surface area contributed by atoms with E-state index in [0.29, 0.717) is 11.8 Å². The van der Waals surface area contributed by atoms with E-state index in [0.717, 1.165) is 16.7 Å². The van der Waals surface area contributed by atoms with Crippen LogP contribution in [0.15, 0.2) is 53.0 Å². The summed E-state index contributed by atoms with van der Waals surface area (Å²) in [7, 11) is 0. The highest BCUT2D eigenvalue weighted by atomic mass is 79.9. The Morgan fingerprint density at radius 2 is 1.88 bits per heavy atom. The van der Waals surface area contributed by atoms with E-state index in [1.54, 1.807) is 0 Å². The number of nitrogens with zero attached hydrogens (tertiary/aromatic N) is 1. The largest absolute Gasteiger partial charge is 0.484 e. The second-order valence-corrected chi connectivity index (χ2v) is 7.29. The molecule has 3 rings (SSSR count). The average molecular weight is 403 g/mol. The Morgan fingerprint density at radius 3 is 2.56 bits per heavy atom. The van der Waals surface area contributed by atoms with Crippen LogP contribution in [0, 0.1) is 0 Å². The summed E-state index contributed by atoms with van der Waals surface area (Å²) in [6, 6.07) is 16.1. The van der Waals surface area contributed by atoms with Gasteiger partial charge in [-0.3, -0.25) is 4.79 Å². The van der Waals surface area contributed by atoms with Crippen LogP contribution in [0.1, 0.15) is 26.2 Å². The zero-order chi connectivity index (χ0) is 17.6. The Hall–Kier alpha value is -2.01. The van der Waals surface area contributed by atoms with Crippen molar-refractivity contribution in [2.24, 2.45) is 0 Å². The summed E-state index contributed by atoms with van der Waals surface area (Å²) in [5, 5.41) is 2.87. The monoisotopic (exact) mass is 402 g/mol. The lowest BCUT2D eigenvalue weighted by molar-refractivity contribution is -0.118. The van der Waals surface area contributed by atoms with E-state index in [9.17, 15) is 4.79 Å². The molecule has 0 aliphatic carbocycles. The summed E-state index contributed by atoms with van der Waals surface area (Å²) in [4.78, 5) is 14.5. The molecule has 1 atom stereocenters. The summed E-state index contributed by atoms with van der Waals surface area (Å²) in [5.74, 6) is 0.509. The molecule has 0 aromatic heterocycles. The van der Waals surface area contributed by atoms with Crippen molar-refractivity contribution >= 4 is 33.2 Å². The van der Waals surface area contributed by atoms with Gasteiger partial charge < -0.3 is 15.0 Å². The van der Waals surface area contributed by atoms with Crippen LogP contribution in [0.4, 0.5) is 11.4 Å². The predicted molar refractivity (Wildman–Crippen MR) is 105 cm³/mol. The number of nitrogens with one attached hydrogen (secondary N) is 1. The average Bonchev–Trinajstić information content (AvgIpc) is 2.62. The minimum atomic E-state index is -0.165. The van der Waals surface area contributed by atoms with E-state index in [-0.39, 0.29) is 12.5 Å². The first kappa shape index (κ1) is 17.8. The van der Waals surface area contributed by atoms with Crippen molar-refractivity contribution in [1.29, 1.82) is 0 Å². The van der Waals surface area contributed by atoms with Crippen molar-refractivity contribution in [3.05, 3.63) is 53.0 Å². The fourth-order valence-electron chi connectivity index (χ4n) is 3.09. The molecule has 4 nitrogen and oxygen atoms in total. The molecule has 5 heteroatoms. The fraction of sp³-hybridized carbons (Fsp3) is 0.350. The molecular weight excluding hydrogens is 380 g/mol. The van der Waals surface area contributed by atoms with Gasteiger partial charge in [0.05, 0.1) is 0 Å². The molecule has 2 aromatic carbocycles. The third-order valence-electron chi connectivity index (χ3n) is 4.47. The number of carbonyl (C=O) groups excluding carboxylic acids is 1. The zero-order valence-electron chi connectivity index (χ0n) is 14.4. The maximum atomic E-state index is 12.0. The van der Waals surface area contributed by atoms with Crippen LogP contribution >= 0.6 is 15.9 Å². The van der Waals surface area contributed by atoms with Crippen molar-refractivity contribution in [1.82, 2.24) is 0 Å². The predicted octanol–water partition coefficient (Wildman–Crippen LogP) is 4.85. The van der Waals surface area contributed by atoms with E-state index in [1.165, 1.54) is 24.9 Å². The van der Waals surface area contributed by atoms with E-state index in [2.05, 4.69) is 45.2 Å². The van der Waals surface area contributed by atoms with E-state index in [4.69, 9.17) is 4.74 Å². The number of carbonyl (C=O) groups is 1. The van der Waals surface area contributed by atoms with Crippen LogP contribution in [0.3, 0.4) is 0 Å². The molecular formula is C20H23BrN2O2. The first-order valence-electron chi connectivity index (χ1n) is 8.67. The van der Waals surface area contributed by atoms with Crippen molar-refractivity contribution in [2.45, 2.75) is 32.2 Å². The summed E-state index contributed by atoms with van der Waals surface area (Å²) < 4.78 is 6.47. The van der Waals surface area contributed by atoms with Gasteiger partial charge in [-0.15, -0.1) is 0 Å². The number of benzene rings is 2. The third-order valence-corrected chi connectivity index (χ3v) is 5.00.